The number of aliphatic hydroxyl groups is 1. The van der Waals surface area contributed by atoms with Crippen molar-refractivity contribution in [3.8, 4) is 5.75 Å². The van der Waals surface area contributed by atoms with Crippen molar-refractivity contribution in [1.29, 1.82) is 0 Å². The van der Waals surface area contributed by atoms with Crippen LogP contribution in [0.15, 0.2) is 54.7 Å². The van der Waals surface area contributed by atoms with Gasteiger partial charge in [-0.1, -0.05) is 12.1 Å². The van der Waals surface area contributed by atoms with Gasteiger partial charge in [-0.15, -0.1) is 0 Å². The predicted molar refractivity (Wildman–Crippen MR) is 97.2 cm³/mol. The van der Waals surface area contributed by atoms with E-state index >= 15 is 0 Å². The van der Waals surface area contributed by atoms with Crippen molar-refractivity contribution in [2.75, 3.05) is 7.11 Å². The molecule has 0 saturated heterocycles. The van der Waals surface area contributed by atoms with Crippen molar-refractivity contribution in [2.24, 2.45) is 0 Å². The van der Waals surface area contributed by atoms with Gasteiger partial charge < -0.3 is 19.5 Å². The second-order valence-corrected chi connectivity index (χ2v) is 5.88. The predicted octanol–water partition coefficient (Wildman–Crippen LogP) is 3.39. The maximum Gasteiger partial charge on any atom is 0.376 e. The van der Waals surface area contributed by atoms with Gasteiger partial charge in [0.1, 0.15) is 17.3 Å². The first kappa shape index (κ1) is 18.2. The summed E-state index contributed by atoms with van der Waals surface area (Å²) in [5, 5.41) is 19.6. The SMILES string of the molecule is COc1ccc2c(C(O)=CC(=O)C(=O)O)cn(Cc3ccc(F)cc3)c2c1. The molecule has 0 aliphatic rings. The number of carbonyl (C=O) groups excluding carboxylic acids is 1. The van der Waals surface area contributed by atoms with Crippen molar-refractivity contribution in [3.63, 3.8) is 0 Å². The van der Waals surface area contributed by atoms with E-state index in [1.807, 2.05) is 0 Å². The van der Waals surface area contributed by atoms with Gasteiger partial charge in [-0.2, -0.15) is 0 Å². The lowest BCUT2D eigenvalue weighted by Gasteiger charge is -2.07. The topological polar surface area (TPSA) is 88.8 Å². The summed E-state index contributed by atoms with van der Waals surface area (Å²) in [6.07, 6.45) is 2.28. The molecule has 7 heteroatoms. The molecule has 1 aromatic heterocycles. The Labute approximate surface area is 153 Å². The van der Waals surface area contributed by atoms with Crippen molar-refractivity contribution in [3.05, 3.63) is 71.7 Å². The highest BCUT2D eigenvalue weighted by molar-refractivity contribution is 6.38. The van der Waals surface area contributed by atoms with Gasteiger partial charge in [-0.3, -0.25) is 4.79 Å². The monoisotopic (exact) mass is 369 g/mol. The third-order valence-electron chi connectivity index (χ3n) is 4.11. The first-order valence-electron chi connectivity index (χ1n) is 7.98. The number of aliphatic carboxylic acids is 1. The van der Waals surface area contributed by atoms with Gasteiger partial charge in [0.2, 0.25) is 0 Å². The standard InChI is InChI=1S/C20H16FNO5/c1-27-14-6-7-15-16(18(23)9-19(24)20(25)26)11-22(17(15)8-14)10-12-2-4-13(21)5-3-12/h2-9,11,23H,10H2,1H3,(H,25,26). The molecule has 0 aliphatic carbocycles. The van der Waals surface area contributed by atoms with Gasteiger partial charge in [0.05, 0.1) is 12.6 Å². The van der Waals surface area contributed by atoms with Crippen LogP contribution >= 0.6 is 0 Å². The van der Waals surface area contributed by atoms with Gasteiger partial charge in [-0.25, -0.2) is 9.18 Å². The minimum atomic E-state index is -1.65. The minimum absolute atomic E-state index is 0.310. The molecule has 0 saturated carbocycles. The lowest BCUT2D eigenvalue weighted by Crippen LogP contribution is -2.09. The third kappa shape index (κ3) is 3.82. The number of carboxylic acid groups (broad SMARTS) is 1. The first-order chi connectivity index (χ1) is 12.9. The molecule has 1 heterocycles. The summed E-state index contributed by atoms with van der Waals surface area (Å²) in [5.41, 5.74) is 1.84. The fourth-order valence-corrected chi connectivity index (χ4v) is 2.78. The Morgan fingerprint density at radius 1 is 1.15 bits per heavy atom. The van der Waals surface area contributed by atoms with E-state index in [4.69, 9.17) is 9.84 Å². The summed E-state index contributed by atoms with van der Waals surface area (Å²) < 4.78 is 20.2. The van der Waals surface area contributed by atoms with Crippen LogP contribution in [0.4, 0.5) is 4.39 Å². The molecule has 0 unspecified atom stereocenters. The van der Waals surface area contributed by atoms with Crippen molar-refractivity contribution in [2.45, 2.75) is 6.54 Å². The van der Waals surface area contributed by atoms with E-state index in [1.165, 1.54) is 19.2 Å². The van der Waals surface area contributed by atoms with Crippen molar-refractivity contribution >= 4 is 28.4 Å². The molecule has 0 radical (unpaired) electrons. The molecule has 0 spiro atoms. The van der Waals surface area contributed by atoms with Gasteiger partial charge in [-0.05, 0) is 29.8 Å². The quantitative estimate of drug-likeness (QED) is 0.395. The van der Waals surface area contributed by atoms with E-state index < -0.39 is 17.5 Å². The van der Waals surface area contributed by atoms with Crippen molar-refractivity contribution < 1.29 is 28.9 Å². The van der Waals surface area contributed by atoms with E-state index in [-0.39, 0.29) is 5.82 Å². The van der Waals surface area contributed by atoms with Gasteiger partial charge in [0, 0.05) is 35.8 Å². The summed E-state index contributed by atoms with van der Waals surface area (Å²) in [5.74, 6) is -3.07. The number of aliphatic hydroxyl groups excluding tert-OH is 1. The van der Waals surface area contributed by atoms with E-state index in [2.05, 4.69) is 0 Å². The number of hydrogen-bond acceptors (Lipinski definition) is 4. The third-order valence-corrected chi connectivity index (χ3v) is 4.11. The number of carboxylic acids is 1. The molecule has 138 valence electrons. The van der Waals surface area contributed by atoms with Crippen LogP contribution in [0.2, 0.25) is 0 Å². The number of hydrogen-bond donors (Lipinski definition) is 2. The fourth-order valence-electron chi connectivity index (χ4n) is 2.78. The molecule has 0 fully saturated rings. The molecule has 2 N–H and O–H groups in total. The molecule has 0 atom stereocenters. The fraction of sp³-hybridized carbons (Fsp3) is 0.100. The van der Waals surface area contributed by atoms with Crippen LogP contribution in [0.25, 0.3) is 16.7 Å². The lowest BCUT2D eigenvalue weighted by molar-refractivity contribution is -0.146. The Hall–Kier alpha value is -3.61. The molecule has 3 aromatic rings. The molecule has 6 nitrogen and oxygen atoms in total. The zero-order valence-electron chi connectivity index (χ0n) is 14.3. The zero-order chi connectivity index (χ0) is 19.6. The van der Waals surface area contributed by atoms with E-state index in [0.717, 1.165) is 5.56 Å². The lowest BCUT2D eigenvalue weighted by atomic mass is 10.1. The summed E-state index contributed by atoms with van der Waals surface area (Å²) in [7, 11) is 1.53. The number of halogens is 1. The molecule has 2 aromatic carbocycles. The highest BCUT2D eigenvalue weighted by Crippen LogP contribution is 2.30. The Morgan fingerprint density at radius 2 is 1.85 bits per heavy atom. The zero-order valence-corrected chi connectivity index (χ0v) is 14.3. The van der Waals surface area contributed by atoms with Crippen LogP contribution in [0.3, 0.4) is 0 Å². The molecule has 0 bridgehead atoms. The van der Waals surface area contributed by atoms with Crippen LogP contribution in [-0.4, -0.2) is 33.6 Å². The van der Waals surface area contributed by atoms with Gasteiger partial charge in [0.15, 0.2) is 0 Å². The van der Waals surface area contributed by atoms with Crippen LogP contribution in [0.5, 0.6) is 5.75 Å². The van der Waals surface area contributed by atoms with Gasteiger partial charge in [0.25, 0.3) is 5.78 Å². The average Bonchev–Trinajstić information content (AvgIpc) is 3.01. The largest absolute Gasteiger partial charge is 0.507 e. The van der Waals surface area contributed by atoms with Crippen LogP contribution < -0.4 is 4.74 Å². The average molecular weight is 369 g/mol. The maximum atomic E-state index is 13.1. The van der Waals surface area contributed by atoms with Crippen molar-refractivity contribution in [1.82, 2.24) is 4.57 Å². The first-order valence-corrected chi connectivity index (χ1v) is 7.98. The second kappa shape index (κ2) is 7.33. The number of aromatic nitrogens is 1. The molecule has 3 rings (SSSR count). The van der Waals surface area contributed by atoms with E-state index in [1.54, 1.807) is 41.1 Å². The van der Waals surface area contributed by atoms with E-state index in [0.29, 0.717) is 34.8 Å². The molecule has 0 aliphatic heterocycles. The molecule has 27 heavy (non-hydrogen) atoms. The number of methoxy groups -OCH3 is 1. The highest BCUT2D eigenvalue weighted by Gasteiger charge is 2.16. The number of carbonyl (C=O) groups is 2. The summed E-state index contributed by atoms with van der Waals surface area (Å²) >= 11 is 0. The minimum Gasteiger partial charge on any atom is -0.507 e. The number of fused-ring (bicyclic) bond motifs is 1. The Kier molecular flexibility index (Phi) is 4.94. The second-order valence-electron chi connectivity index (χ2n) is 5.88. The van der Waals surface area contributed by atoms with E-state index in [9.17, 15) is 19.1 Å². The summed E-state index contributed by atoms with van der Waals surface area (Å²) in [6.45, 7) is 0.379. The molecule has 0 amide bonds. The number of ketones is 1. The summed E-state index contributed by atoms with van der Waals surface area (Å²) in [6, 6.07) is 11.2. The maximum absolute atomic E-state index is 13.1. The number of benzene rings is 2. The normalized spacial score (nSPS) is 11.6. The van der Waals surface area contributed by atoms with Crippen LogP contribution in [0, 0.1) is 5.82 Å². The Morgan fingerprint density at radius 3 is 2.48 bits per heavy atom. The van der Waals surface area contributed by atoms with Crippen LogP contribution in [0.1, 0.15) is 11.1 Å². The number of rotatable bonds is 6. The smallest absolute Gasteiger partial charge is 0.376 e. The highest BCUT2D eigenvalue weighted by atomic mass is 19.1. The van der Waals surface area contributed by atoms with Crippen LogP contribution in [-0.2, 0) is 16.1 Å². The summed E-state index contributed by atoms with van der Waals surface area (Å²) in [4.78, 5) is 22.1. The number of ether oxygens (including phenoxy) is 1. The Balaban J connectivity index is 2.11. The number of nitrogens with zero attached hydrogens (tertiary/aromatic N) is 1. The molecular formula is C20H16FNO5. The van der Waals surface area contributed by atoms with Gasteiger partial charge >= 0.3 is 5.97 Å². The molecular weight excluding hydrogens is 353 g/mol. The Bertz CT molecular complexity index is 1050.